The fourth-order valence-electron chi connectivity index (χ4n) is 1.31. The van der Waals surface area contributed by atoms with E-state index in [9.17, 15) is 0 Å². The molecule has 0 aliphatic heterocycles. The summed E-state index contributed by atoms with van der Waals surface area (Å²) in [4.78, 5) is 4.33. The highest BCUT2D eigenvalue weighted by Gasteiger charge is 1.96. The molecule has 2 nitrogen and oxygen atoms in total. The van der Waals surface area contributed by atoms with Crippen molar-refractivity contribution in [1.29, 1.82) is 0 Å². The molecule has 0 unspecified atom stereocenters. The van der Waals surface area contributed by atoms with Crippen LogP contribution in [0, 0.1) is 0 Å². The van der Waals surface area contributed by atoms with Crippen LogP contribution < -0.4 is 4.90 Å². The molecule has 0 aliphatic rings. The molecule has 1 aromatic carbocycles. The Hall–Kier alpha value is -1.02. The van der Waals surface area contributed by atoms with Crippen molar-refractivity contribution < 1.29 is 0 Å². The normalized spacial score (nSPS) is 10.6. The van der Waals surface area contributed by atoms with Gasteiger partial charge < -0.3 is 9.80 Å². The van der Waals surface area contributed by atoms with Gasteiger partial charge in [0.1, 0.15) is 0 Å². The Bertz CT molecular complexity index is 262. The van der Waals surface area contributed by atoms with Gasteiger partial charge in [-0.2, -0.15) is 0 Å². The minimum atomic E-state index is 1.11. The van der Waals surface area contributed by atoms with Gasteiger partial charge in [0.2, 0.25) is 0 Å². The molecular weight excluding hydrogens is 172 g/mol. The van der Waals surface area contributed by atoms with Crippen molar-refractivity contribution >= 4 is 5.69 Å². The van der Waals surface area contributed by atoms with Crippen molar-refractivity contribution in [3.05, 3.63) is 29.8 Å². The lowest BCUT2D eigenvalue weighted by Crippen LogP contribution is -2.15. The number of benzene rings is 1. The van der Waals surface area contributed by atoms with Crippen LogP contribution in [0.2, 0.25) is 0 Å². The van der Waals surface area contributed by atoms with E-state index in [4.69, 9.17) is 0 Å². The van der Waals surface area contributed by atoms with E-state index in [2.05, 4.69) is 62.3 Å². The van der Waals surface area contributed by atoms with E-state index in [0.717, 1.165) is 13.0 Å². The minimum absolute atomic E-state index is 1.11. The van der Waals surface area contributed by atoms with Gasteiger partial charge in [0.15, 0.2) is 0 Å². The third-order valence-corrected chi connectivity index (χ3v) is 2.30. The van der Waals surface area contributed by atoms with Crippen molar-refractivity contribution in [1.82, 2.24) is 4.90 Å². The summed E-state index contributed by atoms with van der Waals surface area (Å²) in [6, 6.07) is 8.76. The molecule has 0 aliphatic carbocycles. The van der Waals surface area contributed by atoms with Crippen LogP contribution in [0.1, 0.15) is 5.56 Å². The minimum Gasteiger partial charge on any atom is -0.378 e. The smallest absolute Gasteiger partial charge is 0.0361 e. The lowest BCUT2D eigenvalue weighted by Gasteiger charge is -2.13. The molecule has 0 radical (unpaired) electrons. The second-order valence-corrected chi connectivity index (χ2v) is 4.11. The number of hydrogen-bond donors (Lipinski definition) is 0. The largest absolute Gasteiger partial charge is 0.378 e. The van der Waals surface area contributed by atoms with E-state index >= 15 is 0 Å². The number of rotatable bonds is 4. The van der Waals surface area contributed by atoms with E-state index in [1.807, 2.05) is 0 Å². The number of anilines is 1. The average molecular weight is 192 g/mol. The predicted octanol–water partition coefficient (Wildman–Crippen LogP) is 1.86. The Labute approximate surface area is 87.1 Å². The maximum Gasteiger partial charge on any atom is 0.0361 e. The van der Waals surface area contributed by atoms with Crippen molar-refractivity contribution in [3.63, 3.8) is 0 Å². The molecule has 0 amide bonds. The SMILES string of the molecule is CN(C)CCc1ccc(N(C)C)cc1. The van der Waals surface area contributed by atoms with Crippen LogP contribution in [0.4, 0.5) is 5.69 Å². The van der Waals surface area contributed by atoms with E-state index in [0.29, 0.717) is 0 Å². The van der Waals surface area contributed by atoms with Gasteiger partial charge in [-0.15, -0.1) is 0 Å². The first-order valence-corrected chi connectivity index (χ1v) is 5.00. The average Bonchev–Trinajstić information content (AvgIpc) is 2.15. The lowest BCUT2D eigenvalue weighted by atomic mass is 10.1. The monoisotopic (exact) mass is 192 g/mol. The molecule has 0 bridgehead atoms. The third kappa shape index (κ3) is 3.38. The highest BCUT2D eigenvalue weighted by Crippen LogP contribution is 2.12. The Kier molecular flexibility index (Phi) is 3.96. The van der Waals surface area contributed by atoms with Gasteiger partial charge in [-0.3, -0.25) is 0 Å². The van der Waals surface area contributed by atoms with Crippen molar-refractivity contribution in [2.45, 2.75) is 6.42 Å². The summed E-state index contributed by atoms with van der Waals surface area (Å²) in [5.41, 5.74) is 2.67. The first kappa shape index (κ1) is 11.1. The van der Waals surface area contributed by atoms with Gasteiger partial charge in [0.05, 0.1) is 0 Å². The quantitative estimate of drug-likeness (QED) is 0.718. The van der Waals surface area contributed by atoms with Crippen molar-refractivity contribution in [2.24, 2.45) is 0 Å². The highest BCUT2D eigenvalue weighted by atomic mass is 15.1. The van der Waals surface area contributed by atoms with Crippen LogP contribution in [-0.2, 0) is 6.42 Å². The van der Waals surface area contributed by atoms with Crippen LogP contribution in [-0.4, -0.2) is 39.6 Å². The molecule has 1 aromatic rings. The maximum absolute atomic E-state index is 2.21. The van der Waals surface area contributed by atoms with Crippen LogP contribution in [0.5, 0.6) is 0 Å². The number of hydrogen-bond acceptors (Lipinski definition) is 2. The Morgan fingerprint density at radius 1 is 0.929 bits per heavy atom. The molecule has 78 valence electrons. The summed E-state index contributed by atoms with van der Waals surface area (Å²) in [6.45, 7) is 1.11. The van der Waals surface area contributed by atoms with Crippen LogP contribution in [0.15, 0.2) is 24.3 Å². The van der Waals surface area contributed by atoms with Gasteiger partial charge in [0.25, 0.3) is 0 Å². The second kappa shape index (κ2) is 5.01. The molecule has 0 fully saturated rings. The van der Waals surface area contributed by atoms with Gasteiger partial charge in [0, 0.05) is 26.3 Å². The van der Waals surface area contributed by atoms with E-state index in [1.165, 1.54) is 11.3 Å². The summed E-state index contributed by atoms with van der Waals surface area (Å²) in [5, 5.41) is 0. The molecule has 2 heteroatoms. The molecule has 14 heavy (non-hydrogen) atoms. The molecular formula is C12H20N2. The van der Waals surface area contributed by atoms with Gasteiger partial charge in [-0.1, -0.05) is 12.1 Å². The summed E-state index contributed by atoms with van der Waals surface area (Å²) in [6.07, 6.45) is 1.13. The Morgan fingerprint density at radius 2 is 1.50 bits per heavy atom. The maximum atomic E-state index is 2.21. The summed E-state index contributed by atoms with van der Waals surface area (Å²) in [5.74, 6) is 0. The number of likely N-dealkylation sites (N-methyl/N-ethyl adjacent to an activating group) is 1. The highest BCUT2D eigenvalue weighted by molar-refractivity contribution is 5.45. The van der Waals surface area contributed by atoms with Gasteiger partial charge in [-0.25, -0.2) is 0 Å². The first-order chi connectivity index (χ1) is 6.59. The van der Waals surface area contributed by atoms with Crippen molar-refractivity contribution in [2.75, 3.05) is 39.6 Å². The molecule has 0 atom stereocenters. The molecule has 0 spiro atoms. The molecule has 0 heterocycles. The summed E-state index contributed by atoms with van der Waals surface area (Å²) in [7, 11) is 8.34. The number of nitrogens with zero attached hydrogens (tertiary/aromatic N) is 2. The molecule has 0 N–H and O–H groups in total. The fraction of sp³-hybridized carbons (Fsp3) is 0.500. The topological polar surface area (TPSA) is 6.48 Å². The zero-order chi connectivity index (χ0) is 10.6. The molecule has 0 saturated carbocycles. The zero-order valence-electron chi connectivity index (χ0n) is 9.62. The van der Waals surface area contributed by atoms with E-state index < -0.39 is 0 Å². The van der Waals surface area contributed by atoms with E-state index in [-0.39, 0.29) is 0 Å². The fourth-order valence-corrected chi connectivity index (χ4v) is 1.31. The second-order valence-electron chi connectivity index (χ2n) is 4.11. The Balaban J connectivity index is 2.55. The standard InChI is InChI=1S/C12H20N2/c1-13(2)10-9-11-5-7-12(8-6-11)14(3)4/h5-8H,9-10H2,1-4H3. The van der Waals surface area contributed by atoms with Gasteiger partial charge >= 0.3 is 0 Å². The molecule has 0 saturated heterocycles. The molecule has 0 aromatic heterocycles. The summed E-state index contributed by atoms with van der Waals surface area (Å²) >= 11 is 0. The van der Waals surface area contributed by atoms with Crippen LogP contribution in [0.25, 0.3) is 0 Å². The van der Waals surface area contributed by atoms with E-state index in [1.54, 1.807) is 0 Å². The van der Waals surface area contributed by atoms with Crippen LogP contribution in [0.3, 0.4) is 0 Å². The van der Waals surface area contributed by atoms with Crippen molar-refractivity contribution in [3.8, 4) is 0 Å². The Morgan fingerprint density at radius 3 is 1.93 bits per heavy atom. The summed E-state index contributed by atoms with van der Waals surface area (Å²) < 4.78 is 0. The predicted molar refractivity (Wildman–Crippen MR) is 63.0 cm³/mol. The first-order valence-electron chi connectivity index (χ1n) is 5.00. The lowest BCUT2D eigenvalue weighted by molar-refractivity contribution is 0.413. The molecule has 1 rings (SSSR count). The van der Waals surface area contributed by atoms with Crippen LogP contribution >= 0.6 is 0 Å². The van der Waals surface area contributed by atoms with Gasteiger partial charge in [-0.05, 0) is 38.2 Å². The zero-order valence-corrected chi connectivity index (χ0v) is 9.62. The third-order valence-electron chi connectivity index (χ3n) is 2.30.